The van der Waals surface area contributed by atoms with Gasteiger partial charge in [0.1, 0.15) is 0 Å². The average molecular weight is 419 g/mol. The van der Waals surface area contributed by atoms with Crippen LogP contribution in [0.25, 0.3) is 0 Å². The number of rotatable bonds is 5. The fraction of sp³-hybridized carbons (Fsp3) is 0.316. The molecule has 1 amide bonds. The van der Waals surface area contributed by atoms with E-state index in [1.807, 2.05) is 61.5 Å². The van der Waals surface area contributed by atoms with Gasteiger partial charge in [0.25, 0.3) is 0 Å². The van der Waals surface area contributed by atoms with Crippen LogP contribution in [-0.4, -0.2) is 38.3 Å². The predicted octanol–water partition coefficient (Wildman–Crippen LogP) is 2.67. The highest BCUT2D eigenvalue weighted by Gasteiger charge is 2.35. The maximum Gasteiger partial charge on any atom is 0.229 e. The van der Waals surface area contributed by atoms with Gasteiger partial charge in [-0.15, -0.1) is 12.4 Å². The van der Waals surface area contributed by atoms with Gasteiger partial charge >= 0.3 is 0 Å². The molecule has 1 aliphatic heterocycles. The molecule has 4 rings (SSSR count). The number of imidazole rings is 1. The van der Waals surface area contributed by atoms with E-state index in [1.165, 1.54) is 0 Å². The van der Waals surface area contributed by atoms with E-state index in [0.29, 0.717) is 6.54 Å². The van der Waals surface area contributed by atoms with E-state index in [9.17, 15) is 4.79 Å². The smallest absolute Gasteiger partial charge is 0.229 e. The highest BCUT2D eigenvalue weighted by atomic mass is 35.5. The highest BCUT2D eigenvalue weighted by molar-refractivity contribution is 7.99. The summed E-state index contributed by atoms with van der Waals surface area (Å²) in [5.74, 6) is 0.0372. The summed E-state index contributed by atoms with van der Waals surface area (Å²) in [5, 5.41) is 11.6. The second-order valence-corrected chi connectivity index (χ2v) is 7.74. The summed E-state index contributed by atoms with van der Waals surface area (Å²) in [4.78, 5) is 18.4. The minimum Gasteiger partial charge on any atom is -0.329 e. The number of carbonyl (C=O) groups is 1. The van der Waals surface area contributed by atoms with Crippen LogP contribution in [0, 0.1) is 5.92 Å². The molecule has 0 unspecified atom stereocenters. The first kappa shape index (κ1) is 20.4. The molecule has 1 aliphatic rings. The highest BCUT2D eigenvalue weighted by Crippen LogP contribution is 2.34. The molecule has 0 aliphatic carbocycles. The van der Waals surface area contributed by atoms with Gasteiger partial charge in [0.2, 0.25) is 5.91 Å². The number of para-hydroxylation sites is 1. The Morgan fingerprint density at radius 1 is 1.29 bits per heavy atom. The zero-order chi connectivity index (χ0) is 18.8. The normalized spacial score (nSPS) is 18.6. The van der Waals surface area contributed by atoms with Crippen molar-refractivity contribution in [3.8, 4) is 0 Å². The number of nitrogens with one attached hydrogen (secondary N) is 2. The number of aryl methyl sites for hydroxylation is 2. The van der Waals surface area contributed by atoms with Crippen LogP contribution in [0.5, 0.6) is 0 Å². The molecular weight excluding hydrogens is 396 g/mol. The molecular formula is C19H23ClN6OS. The minimum atomic E-state index is -0.125. The maximum absolute atomic E-state index is 13.0. The van der Waals surface area contributed by atoms with Crippen molar-refractivity contribution in [1.82, 2.24) is 24.6 Å². The second-order valence-electron chi connectivity index (χ2n) is 6.73. The average Bonchev–Trinajstić information content (AvgIpc) is 3.38. The van der Waals surface area contributed by atoms with Crippen molar-refractivity contribution >= 4 is 35.8 Å². The lowest BCUT2D eigenvalue weighted by molar-refractivity contribution is -0.119. The number of amides is 1. The second kappa shape index (κ2) is 8.81. The Balaban J connectivity index is 0.00000225. The van der Waals surface area contributed by atoms with E-state index >= 15 is 0 Å². The van der Waals surface area contributed by atoms with Gasteiger partial charge in [-0.25, -0.2) is 4.98 Å². The van der Waals surface area contributed by atoms with Crippen LogP contribution in [0.3, 0.4) is 0 Å². The van der Waals surface area contributed by atoms with Gasteiger partial charge in [0.05, 0.1) is 17.8 Å². The number of hydrogen-bond acceptors (Lipinski definition) is 5. The molecule has 3 aromatic rings. The summed E-state index contributed by atoms with van der Waals surface area (Å²) < 4.78 is 3.74. The molecule has 0 radical (unpaired) electrons. The molecule has 1 fully saturated rings. The third-order valence-corrected chi connectivity index (χ3v) is 5.98. The van der Waals surface area contributed by atoms with Gasteiger partial charge in [0.15, 0.2) is 5.16 Å². The molecule has 0 spiro atoms. The number of aromatic nitrogens is 4. The van der Waals surface area contributed by atoms with Gasteiger partial charge < -0.3 is 15.2 Å². The molecule has 7 nitrogen and oxygen atoms in total. The van der Waals surface area contributed by atoms with Gasteiger partial charge in [-0.2, -0.15) is 5.10 Å². The van der Waals surface area contributed by atoms with Crippen molar-refractivity contribution in [2.75, 3.05) is 18.4 Å². The Morgan fingerprint density at radius 2 is 2.11 bits per heavy atom. The van der Waals surface area contributed by atoms with E-state index in [4.69, 9.17) is 0 Å². The molecule has 1 aromatic carbocycles. The maximum atomic E-state index is 13.0. The first-order valence-corrected chi connectivity index (χ1v) is 9.68. The van der Waals surface area contributed by atoms with Crippen LogP contribution in [0.2, 0.25) is 0 Å². The molecule has 2 aromatic heterocycles. The summed E-state index contributed by atoms with van der Waals surface area (Å²) in [6.07, 6.45) is 7.52. The Labute approximate surface area is 174 Å². The van der Waals surface area contributed by atoms with Crippen LogP contribution in [0.15, 0.2) is 59.1 Å². The molecule has 1 saturated heterocycles. The number of nitrogens with zero attached hydrogens (tertiary/aromatic N) is 4. The van der Waals surface area contributed by atoms with Crippen molar-refractivity contribution in [2.45, 2.75) is 16.0 Å². The zero-order valence-electron chi connectivity index (χ0n) is 15.7. The van der Waals surface area contributed by atoms with Crippen molar-refractivity contribution in [2.24, 2.45) is 20.0 Å². The van der Waals surface area contributed by atoms with Crippen LogP contribution in [0.1, 0.15) is 11.5 Å². The molecule has 3 heterocycles. The number of anilines is 1. The molecule has 2 atom stereocenters. The van der Waals surface area contributed by atoms with E-state index in [1.54, 1.807) is 22.6 Å². The number of halogens is 1. The van der Waals surface area contributed by atoms with Crippen molar-refractivity contribution in [3.63, 3.8) is 0 Å². The Morgan fingerprint density at radius 3 is 2.82 bits per heavy atom. The largest absolute Gasteiger partial charge is 0.329 e. The lowest BCUT2D eigenvalue weighted by atomic mass is 9.90. The van der Waals surface area contributed by atoms with Crippen LogP contribution in [-0.2, 0) is 18.9 Å². The first-order chi connectivity index (χ1) is 13.1. The topological polar surface area (TPSA) is 76.8 Å². The zero-order valence-corrected chi connectivity index (χ0v) is 17.3. The standard InChI is InChI=1S/C19H22N6OS.ClH/c1-24-8-7-21-19(24)27-17-6-4-3-5-16(17)23-18(26)15-11-20-10-14(15)13-9-22-25(2)12-13;/h3-9,12,14-15,20H,10-11H2,1-2H3,(H,23,26);1H/t14-,15+;/m1./s1. The molecule has 148 valence electrons. The first-order valence-electron chi connectivity index (χ1n) is 8.86. The van der Waals surface area contributed by atoms with E-state index in [2.05, 4.69) is 20.7 Å². The Hall–Kier alpha value is -2.29. The van der Waals surface area contributed by atoms with Crippen LogP contribution >= 0.6 is 24.2 Å². The monoisotopic (exact) mass is 418 g/mol. The predicted molar refractivity (Wildman–Crippen MR) is 112 cm³/mol. The van der Waals surface area contributed by atoms with Crippen LogP contribution < -0.4 is 10.6 Å². The van der Waals surface area contributed by atoms with E-state index in [0.717, 1.165) is 27.8 Å². The van der Waals surface area contributed by atoms with E-state index < -0.39 is 0 Å². The molecule has 9 heteroatoms. The third kappa shape index (κ3) is 4.24. The summed E-state index contributed by atoms with van der Waals surface area (Å²) in [6, 6.07) is 7.84. The van der Waals surface area contributed by atoms with Crippen molar-refractivity contribution in [1.29, 1.82) is 0 Å². The van der Waals surface area contributed by atoms with Gasteiger partial charge in [-0.05, 0) is 29.5 Å². The fourth-order valence-corrected chi connectivity index (χ4v) is 4.26. The van der Waals surface area contributed by atoms with Crippen LogP contribution in [0.4, 0.5) is 5.69 Å². The summed E-state index contributed by atoms with van der Waals surface area (Å²) in [7, 11) is 3.85. The number of hydrogen-bond donors (Lipinski definition) is 2. The van der Waals surface area contributed by atoms with Gasteiger partial charge in [-0.1, -0.05) is 12.1 Å². The number of carbonyl (C=O) groups excluding carboxylic acids is 1. The minimum absolute atomic E-state index is 0. The summed E-state index contributed by atoms with van der Waals surface area (Å²) in [6.45, 7) is 1.45. The molecule has 0 saturated carbocycles. The van der Waals surface area contributed by atoms with E-state index in [-0.39, 0.29) is 30.2 Å². The molecule has 0 bridgehead atoms. The van der Waals surface area contributed by atoms with Crippen molar-refractivity contribution < 1.29 is 4.79 Å². The lowest BCUT2D eigenvalue weighted by Crippen LogP contribution is -2.28. The quantitative estimate of drug-likeness (QED) is 0.666. The van der Waals surface area contributed by atoms with Crippen molar-refractivity contribution in [3.05, 3.63) is 54.6 Å². The van der Waals surface area contributed by atoms with Gasteiger partial charge in [-0.3, -0.25) is 9.48 Å². The SMILES string of the molecule is Cl.Cn1cc([C@H]2CNC[C@@H]2C(=O)Nc2ccccc2Sc2nccn2C)cn1. The fourth-order valence-electron chi connectivity index (χ4n) is 3.37. The summed E-state index contributed by atoms with van der Waals surface area (Å²) >= 11 is 1.54. The number of benzene rings is 1. The lowest BCUT2D eigenvalue weighted by Gasteiger charge is -2.18. The summed E-state index contributed by atoms with van der Waals surface area (Å²) in [5.41, 5.74) is 1.91. The Bertz CT molecular complexity index is 955. The molecule has 28 heavy (non-hydrogen) atoms. The molecule has 2 N–H and O–H groups in total. The van der Waals surface area contributed by atoms with Gasteiger partial charge in [0, 0.05) is 56.6 Å². The Kier molecular flexibility index (Phi) is 6.43. The third-order valence-electron chi connectivity index (χ3n) is 4.83.